The van der Waals surface area contributed by atoms with Gasteiger partial charge in [0.05, 0.1) is 5.60 Å². The van der Waals surface area contributed by atoms with Crippen molar-refractivity contribution in [3.63, 3.8) is 0 Å². The number of likely N-dealkylation sites (tertiary alicyclic amines) is 1. The summed E-state index contributed by atoms with van der Waals surface area (Å²) in [6, 6.07) is 1.85. The molecule has 0 bridgehead atoms. The monoisotopic (exact) mass is 439 g/mol. The van der Waals surface area contributed by atoms with Gasteiger partial charge in [-0.25, -0.2) is 4.79 Å². The van der Waals surface area contributed by atoms with Crippen LogP contribution in [0.1, 0.15) is 53.3 Å². The van der Waals surface area contributed by atoms with Crippen LogP contribution in [0.15, 0.2) is 15.3 Å². The topological polar surface area (TPSA) is 92.1 Å². The molecule has 3 aliphatic rings. The number of nitrogens with one attached hydrogen (secondary N) is 1. The molecular formula is C21H30ClN3O5. The zero-order valence-electron chi connectivity index (χ0n) is 17.6. The predicted octanol–water partition coefficient (Wildman–Crippen LogP) is 1.30. The molecule has 1 aromatic rings. The zero-order chi connectivity index (χ0) is 20.6. The summed E-state index contributed by atoms with van der Waals surface area (Å²) in [6.07, 6.45) is 3.32. The molecule has 166 valence electrons. The average Bonchev–Trinajstić information content (AvgIpc) is 2.72. The number of halogens is 1. The second kappa shape index (κ2) is 9.08. The average molecular weight is 440 g/mol. The molecule has 1 aromatic heterocycles. The van der Waals surface area contributed by atoms with Crippen LogP contribution in [-0.2, 0) is 9.53 Å². The lowest BCUT2D eigenvalue weighted by molar-refractivity contribution is -0.167. The zero-order valence-corrected chi connectivity index (χ0v) is 18.4. The van der Waals surface area contributed by atoms with Crippen LogP contribution in [0.4, 0.5) is 0 Å². The first kappa shape index (κ1) is 22.8. The van der Waals surface area contributed by atoms with Gasteiger partial charge in [-0.15, -0.1) is 12.4 Å². The number of amides is 2. The largest absolute Gasteiger partial charge is 0.427 e. The fourth-order valence-corrected chi connectivity index (χ4v) is 4.65. The molecule has 0 saturated carbocycles. The molecule has 0 aromatic carbocycles. The lowest BCUT2D eigenvalue weighted by atomic mass is 9.89. The molecule has 1 atom stereocenters. The van der Waals surface area contributed by atoms with Crippen LogP contribution in [0.2, 0.25) is 0 Å². The van der Waals surface area contributed by atoms with Gasteiger partial charge in [0.25, 0.3) is 5.91 Å². The van der Waals surface area contributed by atoms with Gasteiger partial charge in [-0.3, -0.25) is 9.59 Å². The highest BCUT2D eigenvalue weighted by molar-refractivity contribution is 5.95. The van der Waals surface area contributed by atoms with Crippen LogP contribution < -0.4 is 10.9 Å². The second-order valence-corrected chi connectivity index (χ2v) is 8.55. The van der Waals surface area contributed by atoms with E-state index in [0.717, 1.165) is 25.9 Å². The molecule has 1 spiro atoms. The number of aryl methyl sites for hydroxylation is 1. The third-order valence-electron chi connectivity index (χ3n) is 6.50. The number of likely N-dealkylation sites (N-methyl/N-ethyl adjacent to an activating group) is 1. The minimum Gasteiger partial charge on any atom is -0.427 e. The Morgan fingerprint density at radius 2 is 2.00 bits per heavy atom. The van der Waals surface area contributed by atoms with Crippen LogP contribution in [0, 0.1) is 6.92 Å². The predicted molar refractivity (Wildman–Crippen MR) is 113 cm³/mol. The maximum atomic E-state index is 13.1. The highest BCUT2D eigenvalue weighted by Gasteiger charge is 2.42. The molecule has 3 fully saturated rings. The number of morpholine rings is 1. The first-order valence-corrected chi connectivity index (χ1v) is 10.4. The number of carbonyl (C=O) groups excluding carboxylic acids is 2. The fourth-order valence-electron chi connectivity index (χ4n) is 4.65. The molecule has 3 saturated heterocycles. The van der Waals surface area contributed by atoms with Gasteiger partial charge in [0, 0.05) is 39.1 Å². The molecular weight excluding hydrogens is 410 g/mol. The Hall–Kier alpha value is -1.90. The summed E-state index contributed by atoms with van der Waals surface area (Å²) in [6.45, 7) is 5.20. The Balaban J connectivity index is 0.00000256. The van der Waals surface area contributed by atoms with Crippen LogP contribution in [-0.4, -0.2) is 73.6 Å². The van der Waals surface area contributed by atoms with Gasteiger partial charge in [-0.2, -0.15) is 0 Å². The maximum Gasteiger partial charge on any atom is 0.349 e. The Morgan fingerprint density at radius 3 is 2.60 bits per heavy atom. The quantitative estimate of drug-likeness (QED) is 0.746. The molecule has 4 heterocycles. The van der Waals surface area contributed by atoms with Gasteiger partial charge in [0.2, 0.25) is 5.91 Å². The van der Waals surface area contributed by atoms with Gasteiger partial charge in [0.1, 0.15) is 17.9 Å². The smallest absolute Gasteiger partial charge is 0.349 e. The number of piperidine rings is 2. The Labute approximate surface area is 182 Å². The molecule has 9 heteroatoms. The Morgan fingerprint density at radius 1 is 1.27 bits per heavy atom. The maximum absolute atomic E-state index is 13.1. The molecule has 2 amide bonds. The number of hydrogen-bond donors (Lipinski definition) is 1. The molecule has 8 nitrogen and oxygen atoms in total. The molecule has 0 radical (unpaired) electrons. The van der Waals surface area contributed by atoms with Crippen molar-refractivity contribution in [1.82, 2.24) is 15.1 Å². The van der Waals surface area contributed by atoms with E-state index in [1.807, 2.05) is 6.07 Å². The summed E-state index contributed by atoms with van der Waals surface area (Å²) in [4.78, 5) is 40.8. The number of carbonyl (C=O) groups is 2. The highest BCUT2D eigenvalue weighted by atomic mass is 35.5. The lowest BCUT2D eigenvalue weighted by Crippen LogP contribution is -2.58. The van der Waals surface area contributed by atoms with Gasteiger partial charge >= 0.3 is 5.63 Å². The summed E-state index contributed by atoms with van der Waals surface area (Å²) in [5.41, 5.74) is -0.136. The van der Waals surface area contributed by atoms with Gasteiger partial charge in [-0.1, -0.05) is 0 Å². The van der Waals surface area contributed by atoms with Crippen LogP contribution in [0.3, 0.4) is 0 Å². The van der Waals surface area contributed by atoms with E-state index in [0.29, 0.717) is 43.8 Å². The molecule has 4 rings (SSSR count). The van der Waals surface area contributed by atoms with Gasteiger partial charge in [-0.05, 0) is 50.8 Å². The van der Waals surface area contributed by atoms with E-state index in [-0.39, 0.29) is 42.3 Å². The normalized spacial score (nSPS) is 23.9. The van der Waals surface area contributed by atoms with E-state index in [9.17, 15) is 14.4 Å². The summed E-state index contributed by atoms with van der Waals surface area (Å²) < 4.78 is 11.4. The first-order chi connectivity index (χ1) is 13.9. The minimum absolute atomic E-state index is 0. The van der Waals surface area contributed by atoms with Crippen LogP contribution in [0.25, 0.3) is 0 Å². The lowest BCUT2D eigenvalue weighted by Gasteiger charge is -2.46. The number of hydrogen-bond acceptors (Lipinski definition) is 6. The van der Waals surface area contributed by atoms with E-state index >= 15 is 0 Å². The fraction of sp³-hybridized carbons (Fsp3) is 0.667. The van der Waals surface area contributed by atoms with Crippen molar-refractivity contribution in [2.75, 3.05) is 46.4 Å². The van der Waals surface area contributed by atoms with E-state index < -0.39 is 11.2 Å². The van der Waals surface area contributed by atoms with E-state index in [1.54, 1.807) is 23.8 Å². The number of ether oxygens (including phenoxy) is 1. The molecule has 1 unspecified atom stereocenters. The summed E-state index contributed by atoms with van der Waals surface area (Å²) in [5.74, 6) is 0.546. The summed E-state index contributed by atoms with van der Waals surface area (Å²) in [5, 5.41) is 3.32. The van der Waals surface area contributed by atoms with E-state index in [1.165, 1.54) is 0 Å². The second-order valence-electron chi connectivity index (χ2n) is 8.55. The van der Waals surface area contributed by atoms with Gasteiger partial charge in [0.15, 0.2) is 0 Å². The van der Waals surface area contributed by atoms with Crippen molar-refractivity contribution >= 4 is 24.2 Å². The van der Waals surface area contributed by atoms with Gasteiger partial charge < -0.3 is 24.3 Å². The Kier molecular flexibility index (Phi) is 6.89. The first-order valence-electron chi connectivity index (χ1n) is 10.4. The standard InChI is InChI=1S/C21H29N3O5.ClH/c1-14-10-16(15-4-3-7-22-11-15)29-20(27)18(14)19(26)24-8-5-21(6-9-24)13-23(2)17(25)12-28-21;/h10,15,22H,3-9,11-13H2,1-2H3;1H. The molecule has 3 aliphatic heterocycles. The highest BCUT2D eigenvalue weighted by Crippen LogP contribution is 2.31. The number of rotatable bonds is 2. The van der Waals surface area contributed by atoms with Crippen molar-refractivity contribution in [3.8, 4) is 0 Å². The van der Waals surface area contributed by atoms with E-state index in [4.69, 9.17) is 9.15 Å². The van der Waals surface area contributed by atoms with Crippen molar-refractivity contribution in [2.24, 2.45) is 0 Å². The number of nitrogens with zero attached hydrogens (tertiary/aromatic N) is 2. The van der Waals surface area contributed by atoms with Crippen molar-refractivity contribution in [3.05, 3.63) is 33.4 Å². The van der Waals surface area contributed by atoms with E-state index in [2.05, 4.69) is 5.32 Å². The third-order valence-corrected chi connectivity index (χ3v) is 6.50. The summed E-state index contributed by atoms with van der Waals surface area (Å²) in [7, 11) is 1.78. The minimum atomic E-state index is -0.546. The van der Waals surface area contributed by atoms with Crippen molar-refractivity contribution < 1.29 is 18.7 Å². The van der Waals surface area contributed by atoms with Crippen molar-refractivity contribution in [2.45, 2.75) is 44.1 Å². The molecule has 1 N–H and O–H groups in total. The van der Waals surface area contributed by atoms with Crippen LogP contribution in [0.5, 0.6) is 0 Å². The Bertz CT molecular complexity index is 857. The molecule has 30 heavy (non-hydrogen) atoms. The molecule has 0 aliphatic carbocycles. The third kappa shape index (κ3) is 4.40. The van der Waals surface area contributed by atoms with Crippen molar-refractivity contribution in [1.29, 1.82) is 0 Å². The SMILES string of the molecule is Cc1cc(C2CCCNC2)oc(=O)c1C(=O)N1CCC2(CC1)CN(C)C(=O)CO2.Cl. The summed E-state index contributed by atoms with van der Waals surface area (Å²) >= 11 is 0. The van der Waals surface area contributed by atoms with Crippen LogP contribution >= 0.6 is 12.4 Å².